The number of rotatable bonds is 11. The van der Waals surface area contributed by atoms with Crippen LogP contribution in [0.5, 0.6) is 0 Å². The van der Waals surface area contributed by atoms with Crippen molar-refractivity contribution in [3.8, 4) is 113 Å². The molecule has 0 saturated carbocycles. The van der Waals surface area contributed by atoms with Gasteiger partial charge >= 0.3 is 0 Å². The zero-order valence-electron chi connectivity index (χ0n) is 62.1. The first-order valence-electron chi connectivity index (χ1n) is 38.5. The van der Waals surface area contributed by atoms with Crippen LogP contribution < -0.4 is 0 Å². The van der Waals surface area contributed by atoms with E-state index in [1.54, 1.807) is 0 Å². The summed E-state index contributed by atoms with van der Waals surface area (Å²) in [7, 11) is 0. The standard InChI is InChI=1S/C55H35N3.C51H34N4O/c1-4-15-40(16-5-1)50-34-39(35-51(56-50)41-17-6-2-7-18-41)28-27-38-29-31-54-48(33-38)46-23-10-13-26-53(46)58(54)45-22-14-19-42(36-45)43-30-32-55-49(37-43)47-24-11-12-25-52(47)57(55)44-20-8-3-9-21-44;1-33-31-54(51-52-45(35-12-4-2-5-13-35)30-46(53-51)36-14-6-3-7-15-36)32-44(33)38-23-27-48-43(28-38)40-16-8-10-18-47(40)55(48)39-24-20-34(21-25-39)37-22-26-42-41-17-9-11-19-49(41)56-50(42)29-37/h1-26,29-37H;2-32H,1H3. The van der Waals surface area contributed by atoms with E-state index in [1.165, 1.54) is 60.0 Å². The molecule has 114 heavy (non-hydrogen) atoms. The quantitative estimate of drug-likeness (QED) is 0.121. The second-order valence-corrected chi connectivity index (χ2v) is 29.0. The van der Waals surface area contributed by atoms with E-state index in [1.807, 2.05) is 84.9 Å². The summed E-state index contributed by atoms with van der Waals surface area (Å²) >= 11 is 0. The minimum Gasteiger partial charge on any atom is -0.456 e. The highest BCUT2D eigenvalue weighted by Gasteiger charge is 2.21. The van der Waals surface area contributed by atoms with Crippen molar-refractivity contribution in [2.24, 2.45) is 0 Å². The fraction of sp³-hybridized carbons (Fsp3) is 0.00943. The Labute approximate surface area is 658 Å². The molecule has 0 bridgehead atoms. The number of aryl methyl sites for hydroxylation is 1. The molecule has 0 unspecified atom stereocenters. The van der Waals surface area contributed by atoms with Gasteiger partial charge in [-0.2, -0.15) is 0 Å². The fourth-order valence-electron chi connectivity index (χ4n) is 16.6. The third-order valence-electron chi connectivity index (χ3n) is 22.0. The Balaban J connectivity index is 0.000000143. The van der Waals surface area contributed by atoms with Crippen molar-refractivity contribution in [3.05, 3.63) is 417 Å². The molecular formula is C106H69N7O. The predicted octanol–water partition coefficient (Wildman–Crippen LogP) is 26.9. The second kappa shape index (κ2) is 28.2. The Kier molecular flexibility index (Phi) is 16.5. The van der Waals surface area contributed by atoms with E-state index in [2.05, 4.69) is 353 Å². The predicted molar refractivity (Wildman–Crippen MR) is 471 cm³/mol. The van der Waals surface area contributed by atoms with Crippen molar-refractivity contribution in [1.29, 1.82) is 0 Å². The van der Waals surface area contributed by atoms with Gasteiger partial charge < -0.3 is 18.1 Å². The molecule has 0 amide bonds. The van der Waals surface area contributed by atoms with Crippen molar-refractivity contribution >= 4 is 87.4 Å². The van der Waals surface area contributed by atoms with Crippen molar-refractivity contribution < 1.29 is 4.42 Å². The normalized spacial score (nSPS) is 11.5. The van der Waals surface area contributed by atoms with Crippen molar-refractivity contribution in [1.82, 2.24) is 33.2 Å². The molecule has 22 rings (SSSR count). The van der Waals surface area contributed by atoms with Crippen LogP contribution in [-0.4, -0.2) is 33.2 Å². The lowest BCUT2D eigenvalue weighted by Gasteiger charge is -2.11. The fourth-order valence-corrected chi connectivity index (χ4v) is 16.6. The maximum absolute atomic E-state index is 6.20. The van der Waals surface area contributed by atoms with Gasteiger partial charge in [0.25, 0.3) is 0 Å². The van der Waals surface area contributed by atoms with Crippen molar-refractivity contribution in [3.63, 3.8) is 0 Å². The molecule has 0 radical (unpaired) electrons. The maximum Gasteiger partial charge on any atom is 0.234 e. The number of nitrogens with zero attached hydrogens (tertiary/aromatic N) is 7. The van der Waals surface area contributed by atoms with Crippen molar-refractivity contribution in [2.75, 3.05) is 0 Å². The first kappa shape index (κ1) is 66.7. The van der Waals surface area contributed by atoms with Gasteiger partial charge in [-0.3, -0.25) is 4.57 Å². The lowest BCUT2D eigenvalue weighted by molar-refractivity contribution is 0.669. The largest absolute Gasteiger partial charge is 0.456 e. The van der Waals surface area contributed by atoms with Crippen LogP contribution >= 0.6 is 0 Å². The third-order valence-corrected chi connectivity index (χ3v) is 22.0. The van der Waals surface area contributed by atoms with E-state index in [9.17, 15) is 0 Å². The molecular weight excluding hydrogens is 1390 g/mol. The minimum atomic E-state index is 0.637. The summed E-state index contributed by atoms with van der Waals surface area (Å²) in [4.78, 5) is 15.2. The molecule has 0 fully saturated rings. The van der Waals surface area contributed by atoms with Gasteiger partial charge in [0.2, 0.25) is 5.95 Å². The van der Waals surface area contributed by atoms with Gasteiger partial charge in [0.15, 0.2) is 0 Å². The van der Waals surface area contributed by atoms with Crippen LogP contribution in [0.15, 0.2) is 405 Å². The molecule has 0 spiro atoms. The number of pyridine rings is 1. The lowest BCUT2D eigenvalue weighted by atomic mass is 10.0. The Morgan fingerprint density at radius 2 is 0.632 bits per heavy atom. The van der Waals surface area contributed by atoms with Gasteiger partial charge in [0, 0.05) is 111 Å². The average molecular weight is 1460 g/mol. The first-order chi connectivity index (χ1) is 56.4. The number of furan rings is 1. The van der Waals surface area contributed by atoms with Crippen molar-refractivity contribution in [2.45, 2.75) is 6.92 Å². The zero-order chi connectivity index (χ0) is 75.6. The summed E-state index contributed by atoms with van der Waals surface area (Å²) in [5.74, 6) is 7.64. The summed E-state index contributed by atoms with van der Waals surface area (Å²) in [6.07, 6.45) is 4.30. The SMILES string of the molecule is C(#Cc1ccc2c(c1)c1ccccc1n2-c1cccc(-c2ccc3c(c2)c2ccccc2n3-c2ccccc2)c1)c1cc(-c2ccccc2)nc(-c2ccccc2)c1.Cc1cn(-c2nc(-c3ccccc3)cc(-c3ccccc3)n2)cc1-c1ccc2c(c1)c1ccccc1n2-c1ccc(-c2ccc3c(c2)oc2ccccc23)cc1. The van der Waals surface area contributed by atoms with E-state index in [4.69, 9.17) is 19.4 Å². The molecule has 0 atom stereocenters. The van der Waals surface area contributed by atoms with Gasteiger partial charge in [-0.1, -0.05) is 267 Å². The summed E-state index contributed by atoms with van der Waals surface area (Å²) in [5, 5.41) is 9.57. The first-order valence-corrected chi connectivity index (χ1v) is 38.5. The molecule has 0 saturated heterocycles. The molecule has 7 heterocycles. The van der Waals surface area contributed by atoms with E-state index >= 15 is 0 Å². The molecule has 15 aromatic carbocycles. The molecule has 534 valence electrons. The number of hydrogen-bond donors (Lipinski definition) is 0. The number of hydrogen-bond acceptors (Lipinski definition) is 4. The molecule has 0 aliphatic heterocycles. The van der Waals surface area contributed by atoms with Crippen LogP contribution in [0.25, 0.3) is 189 Å². The smallest absolute Gasteiger partial charge is 0.234 e. The number of para-hydroxylation sites is 5. The highest BCUT2D eigenvalue weighted by molar-refractivity contribution is 6.13. The Morgan fingerprint density at radius 3 is 1.21 bits per heavy atom. The second-order valence-electron chi connectivity index (χ2n) is 29.0. The monoisotopic (exact) mass is 1460 g/mol. The Hall–Kier alpha value is -15.4. The van der Waals surface area contributed by atoms with Gasteiger partial charge in [-0.15, -0.1) is 0 Å². The highest BCUT2D eigenvalue weighted by Crippen LogP contribution is 2.42. The summed E-state index contributed by atoms with van der Waals surface area (Å²) in [5.41, 5.74) is 30.1. The Bertz CT molecular complexity index is 7410. The molecule has 7 aromatic heterocycles. The summed E-state index contributed by atoms with van der Waals surface area (Å²) in [6, 6.07) is 137. The van der Waals surface area contributed by atoms with Crippen LogP contribution in [0, 0.1) is 18.8 Å². The molecule has 22 aromatic rings. The minimum absolute atomic E-state index is 0.637. The van der Waals surface area contributed by atoms with Crippen LogP contribution in [0.4, 0.5) is 0 Å². The van der Waals surface area contributed by atoms with E-state index in [-0.39, 0.29) is 0 Å². The third kappa shape index (κ3) is 12.1. The Morgan fingerprint density at radius 1 is 0.237 bits per heavy atom. The number of fused-ring (bicyclic) bond motifs is 12. The number of aromatic nitrogens is 7. The summed E-state index contributed by atoms with van der Waals surface area (Å²) < 4.78 is 15.4. The van der Waals surface area contributed by atoms with Crippen LogP contribution in [0.2, 0.25) is 0 Å². The molecule has 0 N–H and O–H groups in total. The van der Waals surface area contributed by atoms with Gasteiger partial charge in [-0.25, -0.2) is 15.0 Å². The van der Waals surface area contributed by atoms with Crippen LogP contribution in [0.3, 0.4) is 0 Å². The van der Waals surface area contributed by atoms with E-state index < -0.39 is 0 Å². The summed E-state index contributed by atoms with van der Waals surface area (Å²) in [6.45, 7) is 2.16. The molecule has 8 heteroatoms. The zero-order valence-corrected chi connectivity index (χ0v) is 62.1. The maximum atomic E-state index is 6.20. The molecule has 0 aliphatic carbocycles. The van der Waals surface area contributed by atoms with Gasteiger partial charge in [-0.05, 0) is 174 Å². The van der Waals surface area contributed by atoms with E-state index in [0.717, 1.165) is 140 Å². The molecule has 8 nitrogen and oxygen atoms in total. The van der Waals surface area contributed by atoms with Gasteiger partial charge in [0.05, 0.1) is 55.9 Å². The van der Waals surface area contributed by atoms with Gasteiger partial charge in [0.1, 0.15) is 11.2 Å². The average Bonchev–Trinajstić information content (AvgIpc) is 1.59. The van der Waals surface area contributed by atoms with Crippen LogP contribution in [0.1, 0.15) is 16.7 Å². The van der Waals surface area contributed by atoms with E-state index in [0.29, 0.717) is 5.95 Å². The lowest BCUT2D eigenvalue weighted by Crippen LogP contribution is -2.02. The topological polar surface area (TPSA) is 71.5 Å². The highest BCUT2D eigenvalue weighted by atomic mass is 16.3. The molecule has 0 aliphatic rings. The number of benzene rings is 15. The van der Waals surface area contributed by atoms with Crippen LogP contribution in [-0.2, 0) is 0 Å².